The van der Waals surface area contributed by atoms with E-state index in [0.717, 1.165) is 12.8 Å². The van der Waals surface area contributed by atoms with E-state index in [1.54, 1.807) is 0 Å². The lowest BCUT2D eigenvalue weighted by atomic mass is 10.0. The summed E-state index contributed by atoms with van der Waals surface area (Å²) in [4.78, 5) is 0. The van der Waals surface area contributed by atoms with E-state index < -0.39 is 5.60 Å². The Morgan fingerprint density at radius 3 is 2.64 bits per heavy atom. The lowest BCUT2D eigenvalue weighted by Gasteiger charge is -2.24. The summed E-state index contributed by atoms with van der Waals surface area (Å²) in [5.41, 5.74) is -0.620. The predicted molar refractivity (Wildman–Crippen MR) is 57.3 cm³/mol. The number of hydrogen-bond acceptors (Lipinski definition) is 3. The van der Waals surface area contributed by atoms with E-state index in [1.165, 1.54) is 0 Å². The first-order valence-corrected chi connectivity index (χ1v) is 5.55. The van der Waals surface area contributed by atoms with Crippen molar-refractivity contribution in [2.24, 2.45) is 5.92 Å². The highest BCUT2D eigenvalue weighted by atomic mass is 16.5. The van der Waals surface area contributed by atoms with Crippen LogP contribution >= 0.6 is 0 Å². The van der Waals surface area contributed by atoms with Crippen molar-refractivity contribution in [1.29, 1.82) is 0 Å². The van der Waals surface area contributed by atoms with E-state index in [1.807, 2.05) is 0 Å². The summed E-state index contributed by atoms with van der Waals surface area (Å²) in [5, 5.41) is 13.4. The molecule has 84 valence electrons. The van der Waals surface area contributed by atoms with Gasteiger partial charge in [-0.3, -0.25) is 0 Å². The van der Waals surface area contributed by atoms with Crippen LogP contribution < -0.4 is 5.32 Å². The van der Waals surface area contributed by atoms with Gasteiger partial charge >= 0.3 is 0 Å². The van der Waals surface area contributed by atoms with Gasteiger partial charge in [0.25, 0.3) is 0 Å². The molecule has 1 aliphatic heterocycles. The highest BCUT2D eigenvalue weighted by Crippen LogP contribution is 2.17. The third-order valence-corrected chi connectivity index (χ3v) is 2.69. The molecule has 1 heterocycles. The van der Waals surface area contributed by atoms with E-state index in [2.05, 4.69) is 26.1 Å². The molecule has 0 saturated carbocycles. The molecule has 2 unspecified atom stereocenters. The Morgan fingerprint density at radius 2 is 2.14 bits per heavy atom. The van der Waals surface area contributed by atoms with E-state index >= 15 is 0 Å². The van der Waals surface area contributed by atoms with Crippen LogP contribution in [0, 0.1) is 5.92 Å². The zero-order chi connectivity index (χ0) is 10.6. The lowest BCUT2D eigenvalue weighted by Crippen LogP contribution is -2.44. The summed E-state index contributed by atoms with van der Waals surface area (Å²) in [6.45, 7) is 8.42. The van der Waals surface area contributed by atoms with Gasteiger partial charge in [0.15, 0.2) is 0 Å². The normalized spacial score (nSPS) is 29.8. The number of ether oxygens (including phenoxy) is 1. The van der Waals surface area contributed by atoms with Crippen molar-refractivity contribution in [3.63, 3.8) is 0 Å². The molecule has 0 radical (unpaired) electrons. The number of hydrogen-bond donors (Lipinski definition) is 2. The predicted octanol–water partition coefficient (Wildman–Crippen LogP) is 1.16. The first kappa shape index (κ1) is 12.0. The van der Waals surface area contributed by atoms with Gasteiger partial charge in [0.05, 0.1) is 6.61 Å². The molecule has 1 saturated heterocycles. The van der Waals surface area contributed by atoms with Crippen molar-refractivity contribution in [3.05, 3.63) is 0 Å². The maximum absolute atomic E-state index is 9.99. The summed E-state index contributed by atoms with van der Waals surface area (Å²) in [7, 11) is 0. The average Bonchev–Trinajstić information content (AvgIpc) is 2.49. The number of aliphatic hydroxyl groups is 1. The fraction of sp³-hybridized carbons (Fsp3) is 1.00. The fourth-order valence-electron chi connectivity index (χ4n) is 1.89. The van der Waals surface area contributed by atoms with Gasteiger partial charge in [0.2, 0.25) is 0 Å². The lowest BCUT2D eigenvalue weighted by molar-refractivity contribution is 0.0247. The van der Waals surface area contributed by atoms with Gasteiger partial charge in [-0.1, -0.05) is 13.8 Å². The summed E-state index contributed by atoms with van der Waals surface area (Å²) < 4.78 is 5.18. The van der Waals surface area contributed by atoms with Gasteiger partial charge in [-0.05, 0) is 19.3 Å². The van der Waals surface area contributed by atoms with Crippen LogP contribution in [0.4, 0.5) is 0 Å². The highest BCUT2D eigenvalue weighted by Gasteiger charge is 2.32. The van der Waals surface area contributed by atoms with Crippen LogP contribution in [0.15, 0.2) is 0 Å². The van der Waals surface area contributed by atoms with Gasteiger partial charge in [0.1, 0.15) is 5.60 Å². The van der Waals surface area contributed by atoms with Crippen molar-refractivity contribution >= 4 is 0 Å². The summed E-state index contributed by atoms with van der Waals surface area (Å²) in [6.07, 6.45) is 1.91. The van der Waals surface area contributed by atoms with Crippen molar-refractivity contribution in [3.8, 4) is 0 Å². The molecule has 0 aromatic heterocycles. The molecule has 3 heteroatoms. The fourth-order valence-corrected chi connectivity index (χ4v) is 1.89. The Balaban J connectivity index is 2.18. The third-order valence-electron chi connectivity index (χ3n) is 2.69. The molecule has 1 rings (SSSR count). The minimum absolute atomic E-state index is 0.472. The van der Waals surface area contributed by atoms with E-state index in [0.29, 0.717) is 31.7 Å². The quantitative estimate of drug-likeness (QED) is 0.701. The topological polar surface area (TPSA) is 41.5 Å². The summed E-state index contributed by atoms with van der Waals surface area (Å²) in [6, 6.07) is 0.472. The van der Waals surface area contributed by atoms with E-state index in [4.69, 9.17) is 4.74 Å². The van der Waals surface area contributed by atoms with Crippen LogP contribution in [-0.2, 0) is 4.74 Å². The minimum Gasteiger partial charge on any atom is -0.386 e. The molecule has 0 aliphatic carbocycles. The van der Waals surface area contributed by atoms with Gasteiger partial charge in [-0.15, -0.1) is 0 Å². The second-order valence-electron chi connectivity index (χ2n) is 4.94. The summed E-state index contributed by atoms with van der Waals surface area (Å²) in [5.74, 6) is 0.701. The van der Waals surface area contributed by atoms with Crippen LogP contribution in [-0.4, -0.2) is 36.5 Å². The molecule has 1 aliphatic rings. The summed E-state index contributed by atoms with van der Waals surface area (Å²) >= 11 is 0. The molecule has 0 bridgehead atoms. The molecule has 2 N–H and O–H groups in total. The maximum Gasteiger partial charge on any atom is 0.102 e. The molecule has 0 aromatic carbocycles. The monoisotopic (exact) mass is 201 g/mol. The number of nitrogens with one attached hydrogen (secondary N) is 1. The Hall–Kier alpha value is -0.120. The molecule has 1 fully saturated rings. The van der Waals surface area contributed by atoms with E-state index in [-0.39, 0.29) is 0 Å². The largest absolute Gasteiger partial charge is 0.386 e. The van der Waals surface area contributed by atoms with Gasteiger partial charge in [0, 0.05) is 25.6 Å². The van der Waals surface area contributed by atoms with Crippen LogP contribution in [0.3, 0.4) is 0 Å². The second kappa shape index (κ2) is 5.10. The first-order chi connectivity index (χ1) is 6.52. The van der Waals surface area contributed by atoms with Crippen LogP contribution in [0.2, 0.25) is 0 Å². The molecule has 2 atom stereocenters. The Morgan fingerprint density at radius 1 is 1.43 bits per heavy atom. The van der Waals surface area contributed by atoms with Crippen molar-refractivity contribution in [2.75, 3.05) is 19.8 Å². The zero-order valence-electron chi connectivity index (χ0n) is 9.55. The molecule has 0 aromatic rings. The molecular weight excluding hydrogens is 178 g/mol. The Bertz CT molecular complexity index is 165. The molecular formula is C11H23NO2. The van der Waals surface area contributed by atoms with Gasteiger partial charge in [-0.25, -0.2) is 0 Å². The van der Waals surface area contributed by atoms with Crippen molar-refractivity contribution in [1.82, 2.24) is 5.32 Å². The molecule has 0 spiro atoms. The second-order valence-corrected chi connectivity index (χ2v) is 4.94. The van der Waals surface area contributed by atoms with E-state index in [9.17, 15) is 5.11 Å². The minimum atomic E-state index is -0.620. The standard InChI is InChI=1S/C11H23NO2/c1-9(2)6-10(3)12-7-11(13)4-5-14-8-11/h9-10,12-13H,4-8H2,1-3H3. The van der Waals surface area contributed by atoms with Crippen molar-refractivity contribution < 1.29 is 9.84 Å². The highest BCUT2D eigenvalue weighted by molar-refractivity contribution is 4.85. The smallest absolute Gasteiger partial charge is 0.102 e. The van der Waals surface area contributed by atoms with Crippen LogP contribution in [0.1, 0.15) is 33.6 Å². The Labute approximate surface area is 86.8 Å². The van der Waals surface area contributed by atoms with Crippen molar-refractivity contribution in [2.45, 2.75) is 45.3 Å². The zero-order valence-corrected chi connectivity index (χ0v) is 9.55. The molecule has 0 amide bonds. The van der Waals surface area contributed by atoms with Gasteiger partial charge < -0.3 is 15.2 Å². The van der Waals surface area contributed by atoms with Crippen LogP contribution in [0.5, 0.6) is 0 Å². The molecule has 3 nitrogen and oxygen atoms in total. The number of rotatable bonds is 5. The first-order valence-electron chi connectivity index (χ1n) is 5.55. The van der Waals surface area contributed by atoms with Crippen LogP contribution in [0.25, 0.3) is 0 Å². The maximum atomic E-state index is 9.99. The third kappa shape index (κ3) is 3.95. The Kier molecular flexibility index (Phi) is 4.35. The SMILES string of the molecule is CC(C)CC(C)NCC1(O)CCOC1. The molecule has 14 heavy (non-hydrogen) atoms. The van der Waals surface area contributed by atoms with Gasteiger partial charge in [-0.2, -0.15) is 0 Å². The average molecular weight is 201 g/mol.